The third-order valence-corrected chi connectivity index (χ3v) is 23.7. The van der Waals surface area contributed by atoms with Crippen molar-refractivity contribution in [2.24, 2.45) is 0 Å². The summed E-state index contributed by atoms with van der Waals surface area (Å²) in [7, 11) is -0.0930. The Balaban J connectivity index is 0.000000422. The van der Waals surface area contributed by atoms with Crippen LogP contribution in [0.3, 0.4) is 0 Å². The molecule has 8 rings (SSSR count). The maximum atomic E-state index is 11.8. The van der Waals surface area contributed by atoms with Gasteiger partial charge in [0.1, 0.15) is 0 Å². The molecule has 2 aromatic carbocycles. The molecule has 0 amide bonds. The second kappa shape index (κ2) is 32.5. The first-order valence-electron chi connectivity index (χ1n) is 23.9. The Morgan fingerprint density at radius 1 is 0.323 bits per heavy atom. The predicted molar refractivity (Wildman–Crippen MR) is 246 cm³/mol. The molecule has 0 radical (unpaired) electrons. The van der Waals surface area contributed by atoms with E-state index in [0.717, 1.165) is 24.3 Å². The van der Waals surface area contributed by atoms with Crippen LogP contribution in [0, 0.1) is 12.1 Å². The van der Waals surface area contributed by atoms with Gasteiger partial charge in [0.15, 0.2) is 0 Å². The molecule has 0 saturated heterocycles. The second-order valence-corrected chi connectivity index (χ2v) is 25.5. The summed E-state index contributed by atoms with van der Waals surface area (Å²) in [5.41, 5.74) is 6.09. The van der Waals surface area contributed by atoms with E-state index in [9.17, 15) is 26.3 Å². The Kier molecular flexibility index (Phi) is 31.3. The first-order valence-corrected chi connectivity index (χ1v) is 27.4. The molecular formula is C50H80F6Ni2O2P2. The van der Waals surface area contributed by atoms with E-state index in [1.165, 1.54) is 58.2 Å². The summed E-state index contributed by atoms with van der Waals surface area (Å²) in [5.74, 6) is 0. The normalized spacial score (nSPS) is 21.4. The van der Waals surface area contributed by atoms with Crippen molar-refractivity contribution in [1.82, 2.24) is 0 Å². The third-order valence-electron chi connectivity index (χ3n) is 14.6. The Morgan fingerprint density at radius 3 is 0.613 bits per heavy atom. The van der Waals surface area contributed by atoms with Gasteiger partial charge in [-0.05, 0) is 154 Å². The van der Waals surface area contributed by atoms with Gasteiger partial charge in [-0.1, -0.05) is 49.7 Å². The number of benzene rings is 2. The van der Waals surface area contributed by atoms with Crippen LogP contribution in [0.5, 0.6) is 0 Å². The van der Waals surface area contributed by atoms with Gasteiger partial charge < -0.3 is 11.0 Å². The predicted octanol–water partition coefficient (Wildman–Crippen LogP) is 15.8. The number of hydrogen-bond acceptors (Lipinski definition) is 0. The van der Waals surface area contributed by atoms with Gasteiger partial charge in [-0.2, -0.15) is 87.0 Å². The molecule has 0 aromatic heterocycles. The molecule has 2 aromatic rings. The molecule has 0 heterocycles. The molecule has 12 heteroatoms. The summed E-state index contributed by atoms with van der Waals surface area (Å²) in [4.78, 5) is 0. The van der Waals surface area contributed by atoms with Crippen LogP contribution >= 0.6 is 15.8 Å². The van der Waals surface area contributed by atoms with E-state index >= 15 is 0 Å². The first kappa shape index (κ1) is 59.8. The molecule has 6 fully saturated rings. The van der Waals surface area contributed by atoms with Crippen molar-refractivity contribution in [1.29, 1.82) is 0 Å². The Morgan fingerprint density at radius 2 is 0.484 bits per heavy atom. The molecule has 6 saturated carbocycles. The van der Waals surface area contributed by atoms with E-state index in [1.807, 2.05) is 0 Å². The van der Waals surface area contributed by atoms with Gasteiger partial charge >= 0.3 is 12.4 Å². The van der Waals surface area contributed by atoms with E-state index in [1.54, 1.807) is 193 Å². The molecule has 364 valence electrons. The van der Waals surface area contributed by atoms with Gasteiger partial charge in [0.25, 0.3) is 0 Å². The van der Waals surface area contributed by atoms with Crippen molar-refractivity contribution in [2.45, 2.75) is 239 Å². The standard InChI is InChI=1S/2C18H33P.2C7H4F3.2Ni.2H2O/c2*1-4-10-16(11-5-1)19(17-12-6-2-7-13-17)18-14-8-3-9-15-18;2*8-7(9,10)6-4-2-1-3-5-6;;;;/h2*16-18H,1-15H2;2*2-5H;;;2*1H2/q;;2*-1;;;;/p+2. The van der Waals surface area contributed by atoms with Gasteiger partial charge in [-0.15, -0.1) is 0 Å². The summed E-state index contributed by atoms with van der Waals surface area (Å²) in [6.07, 6.45) is 39.1. The number of alkyl halides is 6. The van der Waals surface area contributed by atoms with Crippen LogP contribution in [0.15, 0.2) is 48.5 Å². The van der Waals surface area contributed by atoms with Gasteiger partial charge in [0.05, 0.1) is 34.0 Å². The van der Waals surface area contributed by atoms with E-state index in [4.69, 9.17) is 0 Å². The summed E-state index contributed by atoms with van der Waals surface area (Å²) < 4.78 is 70.6. The number of rotatable bonds is 6. The summed E-state index contributed by atoms with van der Waals surface area (Å²) in [6.45, 7) is 0. The smallest absolute Gasteiger partial charge is 0.394 e. The molecule has 62 heavy (non-hydrogen) atoms. The Hall–Kier alpha value is -0.213. The summed E-state index contributed by atoms with van der Waals surface area (Å²) in [5, 5.41) is 0. The number of hydrogen-bond donors (Lipinski definition) is 0. The molecule has 0 bridgehead atoms. The van der Waals surface area contributed by atoms with Crippen LogP contribution in [0.25, 0.3) is 0 Å². The molecule has 2 nitrogen and oxygen atoms in total. The molecular weight excluding hydrogens is 926 g/mol. The van der Waals surface area contributed by atoms with Crippen LogP contribution in [-0.4, -0.2) is 44.9 Å². The van der Waals surface area contributed by atoms with Gasteiger partial charge in [0.2, 0.25) is 0 Å². The molecule has 4 N–H and O–H groups in total. The second-order valence-electron chi connectivity index (χ2n) is 18.6. The quantitative estimate of drug-likeness (QED) is 0.120. The maximum Gasteiger partial charge on any atom is 0.394 e. The maximum absolute atomic E-state index is 11.8. The van der Waals surface area contributed by atoms with Crippen molar-refractivity contribution in [3.63, 3.8) is 0 Å². The van der Waals surface area contributed by atoms with Crippen LogP contribution < -0.4 is 0 Å². The Labute approximate surface area is 394 Å². The average Bonchev–Trinajstić information content (AvgIpc) is 3.27. The topological polar surface area (TPSA) is 63.0 Å². The van der Waals surface area contributed by atoms with Crippen LogP contribution in [-0.2, 0) is 45.3 Å². The zero-order valence-corrected chi connectivity index (χ0v) is 41.2. The molecule has 6 aliphatic carbocycles. The van der Waals surface area contributed by atoms with E-state index in [-0.39, 0.29) is 59.8 Å². The molecule has 0 spiro atoms. The van der Waals surface area contributed by atoms with Crippen LogP contribution in [0.4, 0.5) is 26.3 Å². The van der Waals surface area contributed by atoms with Gasteiger partial charge in [0, 0.05) is 48.8 Å². The fraction of sp³-hybridized carbons (Fsp3) is 0.760. The van der Waals surface area contributed by atoms with Crippen molar-refractivity contribution in [3.05, 3.63) is 71.8 Å². The van der Waals surface area contributed by atoms with Crippen LogP contribution in [0.1, 0.15) is 204 Å². The van der Waals surface area contributed by atoms with Crippen molar-refractivity contribution in [2.75, 3.05) is 0 Å². The van der Waals surface area contributed by atoms with Crippen molar-refractivity contribution < 1.29 is 70.3 Å². The zero-order valence-electron chi connectivity index (χ0n) is 37.2. The number of halogens is 6. The summed E-state index contributed by atoms with van der Waals surface area (Å²) in [6, 6.07) is 13.9. The van der Waals surface area contributed by atoms with Crippen LogP contribution in [0.2, 0.25) is 0 Å². The zero-order chi connectivity index (χ0) is 41.1. The molecule has 0 atom stereocenters. The van der Waals surface area contributed by atoms with Crippen molar-refractivity contribution in [3.8, 4) is 0 Å². The third kappa shape index (κ3) is 20.8. The minimum absolute atomic E-state index is 0. The molecule has 0 aliphatic heterocycles. The fourth-order valence-corrected chi connectivity index (χ4v) is 22.2. The molecule has 0 unspecified atom stereocenters. The first-order chi connectivity index (χ1) is 28.1. The molecule has 6 aliphatic rings. The average molecular weight is 1010 g/mol. The Bertz CT molecular complexity index is 1150. The van der Waals surface area contributed by atoms with E-state index in [0.29, 0.717) is 0 Å². The summed E-state index contributed by atoms with van der Waals surface area (Å²) >= 11 is 0. The monoisotopic (exact) mass is 1000 g/mol. The SMILES string of the molecule is C1CCC([PH+](C2CCCCC2)C2CCCCC2)CC1.C1CCC([PH+](C2CCCCC2)C2CCCCC2)CC1.FC(F)(F)c1cc[c-]cc1.FC(F)(F)c1cc[c-]cc1.O.O.[Ni].[Ni]. The minimum atomic E-state index is -4.23. The largest absolute Gasteiger partial charge is 0.412 e. The van der Waals surface area contributed by atoms with Gasteiger partial charge in [-0.3, -0.25) is 0 Å². The van der Waals surface area contributed by atoms with E-state index < -0.39 is 23.5 Å². The van der Waals surface area contributed by atoms with E-state index in [2.05, 4.69) is 12.1 Å². The van der Waals surface area contributed by atoms with Crippen molar-refractivity contribution >= 4 is 15.8 Å². The van der Waals surface area contributed by atoms with Gasteiger partial charge in [-0.25, -0.2) is 0 Å². The minimum Gasteiger partial charge on any atom is -0.412 e. The fourth-order valence-electron chi connectivity index (χ4n) is 11.8.